The van der Waals surface area contributed by atoms with Gasteiger partial charge in [0.1, 0.15) is 6.04 Å². The Hall–Kier alpha value is -4.21. The summed E-state index contributed by atoms with van der Waals surface area (Å²) in [6.45, 7) is 2.50. The number of aliphatic hydroxyl groups excluding tert-OH is 3. The summed E-state index contributed by atoms with van der Waals surface area (Å²) in [6, 6.07) is -3.21. The zero-order valence-electron chi connectivity index (χ0n) is 37.2. The molecule has 386 valence electrons. The maximum Gasteiger partial charge on any atom is 0.317 e. The Kier molecular flexibility index (Phi) is 33.9. The van der Waals surface area contributed by atoms with Crippen molar-refractivity contribution in [2.24, 2.45) is 0 Å². The van der Waals surface area contributed by atoms with Gasteiger partial charge < -0.3 is 66.1 Å². The van der Waals surface area contributed by atoms with Crippen LogP contribution in [-0.4, -0.2) is 252 Å². The molecule has 0 aliphatic heterocycles. The molecular formula is C36H68N6O22S2. The summed E-state index contributed by atoms with van der Waals surface area (Å²) in [4.78, 5) is 83.5. The fraction of sp³-hybridized carbons (Fsp3) is 0.806. The molecule has 0 fully saturated rings. The standard InChI is InChI=1S/C22H41N3O13S.C14H27N3O9S/c1-3-17(27)13-37-8-4-5-9-38-14-18(28)10-24(16(2)26)7-6-23-22(33)19(15-39(34,35)36)25(11-20(29)30)12-21(31)32;1-2-10(18)7-15-4-5-16-14(23)11(3-6-27(24,25)26)17(8-12(19)20)9-13(21)22/h17-19,27-28H,3-15H2,1-2H3,(H,23,33)(H,29,30)(H,31,32)(H,34,35,36);10-11,15,18H,2-9H2,1H3,(H,16,23)(H,19,20)(H,21,22)(H,24,25,26). The second-order valence-electron chi connectivity index (χ2n) is 14.6. The third-order valence-electron chi connectivity index (χ3n) is 8.79. The van der Waals surface area contributed by atoms with Gasteiger partial charge in [-0.15, -0.1) is 0 Å². The van der Waals surface area contributed by atoms with E-state index in [0.717, 1.165) is 4.90 Å². The molecule has 0 aromatic heterocycles. The van der Waals surface area contributed by atoms with Crippen LogP contribution in [0.15, 0.2) is 0 Å². The Balaban J connectivity index is 0. The minimum absolute atomic E-state index is 0.0681. The van der Waals surface area contributed by atoms with E-state index in [1.165, 1.54) is 11.8 Å². The Morgan fingerprint density at radius 1 is 0.606 bits per heavy atom. The van der Waals surface area contributed by atoms with E-state index in [0.29, 0.717) is 50.3 Å². The van der Waals surface area contributed by atoms with Crippen molar-refractivity contribution < 1.29 is 105 Å². The van der Waals surface area contributed by atoms with Crippen molar-refractivity contribution in [3.8, 4) is 0 Å². The molecular weight excluding hydrogens is 933 g/mol. The van der Waals surface area contributed by atoms with Crippen LogP contribution in [0.5, 0.6) is 0 Å². The average Bonchev–Trinajstić information content (AvgIpc) is 3.18. The van der Waals surface area contributed by atoms with Gasteiger partial charge in [-0.2, -0.15) is 16.8 Å². The van der Waals surface area contributed by atoms with Crippen LogP contribution < -0.4 is 16.0 Å². The largest absolute Gasteiger partial charge is 0.480 e. The number of amides is 3. The van der Waals surface area contributed by atoms with Gasteiger partial charge in [0.2, 0.25) is 17.7 Å². The SMILES string of the molecule is CCC(O)CNCCNC(=O)C(CCS(=O)(=O)O)N(CC(=O)O)CC(=O)O.CCC(O)COCCCCOCC(O)CN(CCNC(=O)C(CS(=O)(=O)O)N(CC(=O)O)CC(=O)O)C(C)=O. The number of nitrogens with one attached hydrogen (secondary N) is 3. The molecule has 0 aliphatic rings. The van der Waals surface area contributed by atoms with E-state index < -0.39 is 136 Å². The lowest BCUT2D eigenvalue weighted by Crippen LogP contribution is -2.54. The highest BCUT2D eigenvalue weighted by molar-refractivity contribution is 7.86. The number of hydrogen-bond acceptors (Lipinski definition) is 19. The molecule has 0 saturated carbocycles. The van der Waals surface area contributed by atoms with Gasteiger partial charge in [0.15, 0.2) is 0 Å². The molecule has 0 heterocycles. The number of carbonyl (C=O) groups excluding carboxylic acids is 3. The third kappa shape index (κ3) is 36.0. The van der Waals surface area contributed by atoms with Crippen LogP contribution >= 0.6 is 0 Å². The summed E-state index contributed by atoms with van der Waals surface area (Å²) in [6.07, 6.45) is -0.0418. The summed E-state index contributed by atoms with van der Waals surface area (Å²) in [5, 5.41) is 72.4. The Morgan fingerprint density at radius 3 is 1.47 bits per heavy atom. The van der Waals surface area contributed by atoms with Gasteiger partial charge >= 0.3 is 23.9 Å². The summed E-state index contributed by atoms with van der Waals surface area (Å²) >= 11 is 0. The lowest BCUT2D eigenvalue weighted by atomic mass is 10.1. The number of carboxylic acids is 4. The minimum Gasteiger partial charge on any atom is -0.480 e. The lowest BCUT2D eigenvalue weighted by Gasteiger charge is -2.28. The smallest absolute Gasteiger partial charge is 0.317 e. The normalized spacial score (nSPS) is 14.0. The molecule has 3 amide bonds. The van der Waals surface area contributed by atoms with Gasteiger partial charge in [-0.1, -0.05) is 13.8 Å². The maximum absolute atomic E-state index is 12.6. The first-order valence-corrected chi connectivity index (χ1v) is 23.8. The molecule has 0 aliphatic carbocycles. The van der Waals surface area contributed by atoms with Gasteiger partial charge in [0, 0.05) is 59.4 Å². The number of rotatable bonds is 38. The number of carboxylic acid groups (broad SMARTS) is 4. The first kappa shape index (κ1) is 63.9. The van der Waals surface area contributed by atoms with E-state index >= 15 is 0 Å². The molecule has 0 rings (SSSR count). The van der Waals surface area contributed by atoms with E-state index in [4.69, 9.17) is 34.5 Å². The van der Waals surface area contributed by atoms with Crippen LogP contribution in [0, 0.1) is 0 Å². The fourth-order valence-electron chi connectivity index (χ4n) is 5.42. The first-order chi connectivity index (χ1) is 30.6. The molecule has 0 spiro atoms. The van der Waals surface area contributed by atoms with Crippen molar-refractivity contribution in [1.82, 2.24) is 30.7 Å². The molecule has 28 nitrogen and oxygen atoms in total. The highest BCUT2D eigenvalue weighted by Crippen LogP contribution is 2.08. The van der Waals surface area contributed by atoms with E-state index in [2.05, 4.69) is 16.0 Å². The number of aliphatic hydroxyl groups is 3. The first-order valence-electron chi connectivity index (χ1n) is 20.6. The molecule has 0 aromatic carbocycles. The zero-order chi connectivity index (χ0) is 51.0. The quantitative estimate of drug-likeness (QED) is 0.0204. The molecule has 5 unspecified atom stereocenters. The van der Waals surface area contributed by atoms with E-state index in [9.17, 15) is 70.3 Å². The predicted molar refractivity (Wildman–Crippen MR) is 229 cm³/mol. The van der Waals surface area contributed by atoms with Gasteiger partial charge in [-0.05, 0) is 32.1 Å². The maximum atomic E-state index is 12.6. The van der Waals surface area contributed by atoms with Crippen LogP contribution in [-0.2, 0) is 63.3 Å². The molecule has 12 N–H and O–H groups in total. The summed E-state index contributed by atoms with van der Waals surface area (Å²) < 4.78 is 73.4. The van der Waals surface area contributed by atoms with Crippen LogP contribution in [0.1, 0.15) is 52.9 Å². The molecule has 0 bridgehead atoms. The van der Waals surface area contributed by atoms with Crippen molar-refractivity contribution in [2.45, 2.75) is 83.3 Å². The van der Waals surface area contributed by atoms with Crippen LogP contribution in [0.25, 0.3) is 0 Å². The van der Waals surface area contributed by atoms with Crippen molar-refractivity contribution in [2.75, 3.05) is 103 Å². The van der Waals surface area contributed by atoms with Crippen molar-refractivity contribution in [1.29, 1.82) is 0 Å². The summed E-state index contributed by atoms with van der Waals surface area (Å²) in [5.74, 6) is -10.2. The monoisotopic (exact) mass is 1000 g/mol. The second-order valence-corrected chi connectivity index (χ2v) is 17.7. The number of ether oxygens (including phenoxy) is 2. The zero-order valence-corrected chi connectivity index (χ0v) is 38.9. The molecule has 0 radical (unpaired) electrons. The molecule has 66 heavy (non-hydrogen) atoms. The van der Waals surface area contributed by atoms with E-state index in [1.54, 1.807) is 6.92 Å². The summed E-state index contributed by atoms with van der Waals surface area (Å²) in [5.41, 5.74) is 0. The Bertz CT molecular complexity index is 1680. The number of aliphatic carboxylic acids is 4. The van der Waals surface area contributed by atoms with Crippen LogP contribution in [0.3, 0.4) is 0 Å². The summed E-state index contributed by atoms with van der Waals surface area (Å²) in [7, 11) is -9.22. The lowest BCUT2D eigenvalue weighted by molar-refractivity contribution is -0.146. The van der Waals surface area contributed by atoms with Crippen molar-refractivity contribution >= 4 is 61.8 Å². The number of unbranched alkanes of at least 4 members (excludes halogenated alkanes) is 1. The molecule has 0 saturated heterocycles. The number of hydrogen-bond donors (Lipinski definition) is 12. The predicted octanol–water partition coefficient (Wildman–Crippen LogP) is -4.80. The van der Waals surface area contributed by atoms with Crippen molar-refractivity contribution in [3.63, 3.8) is 0 Å². The molecule has 30 heteroatoms. The second kappa shape index (κ2) is 35.0. The average molecular weight is 1000 g/mol. The number of nitrogens with zero attached hydrogens (tertiary/aromatic N) is 3. The molecule has 0 aromatic rings. The number of carbonyl (C=O) groups is 7. The highest BCUT2D eigenvalue weighted by atomic mass is 32.2. The van der Waals surface area contributed by atoms with E-state index in [-0.39, 0.29) is 45.9 Å². The molecule has 5 atom stereocenters. The fourth-order valence-corrected chi connectivity index (χ4v) is 6.70. The van der Waals surface area contributed by atoms with E-state index in [1.807, 2.05) is 6.92 Å². The third-order valence-corrected chi connectivity index (χ3v) is 10.3. The Morgan fingerprint density at radius 2 is 1.05 bits per heavy atom. The van der Waals surface area contributed by atoms with Gasteiger partial charge in [0.05, 0.1) is 75.3 Å². The topological polar surface area (TPSA) is 434 Å². The van der Waals surface area contributed by atoms with Gasteiger partial charge in [-0.3, -0.25) is 52.5 Å². The Labute approximate surface area is 383 Å². The van der Waals surface area contributed by atoms with Crippen molar-refractivity contribution in [3.05, 3.63) is 0 Å². The van der Waals surface area contributed by atoms with Crippen LogP contribution in [0.2, 0.25) is 0 Å². The van der Waals surface area contributed by atoms with Gasteiger partial charge in [-0.25, -0.2) is 0 Å². The van der Waals surface area contributed by atoms with Crippen LogP contribution in [0.4, 0.5) is 0 Å². The minimum atomic E-state index is -4.80. The van der Waals surface area contributed by atoms with Gasteiger partial charge in [0.25, 0.3) is 20.2 Å². The highest BCUT2D eigenvalue weighted by Gasteiger charge is 2.33.